The number of alkyl halides is 2. The average molecular weight is 304 g/mol. The highest BCUT2D eigenvalue weighted by Crippen LogP contribution is 2.52. The van der Waals surface area contributed by atoms with Crippen molar-refractivity contribution >= 4 is 5.69 Å². The van der Waals surface area contributed by atoms with Crippen LogP contribution in [0.15, 0.2) is 35.9 Å². The van der Waals surface area contributed by atoms with Crippen LogP contribution in [0.1, 0.15) is 25.3 Å². The van der Waals surface area contributed by atoms with E-state index in [-0.39, 0.29) is 18.3 Å². The first-order valence-corrected chi connectivity index (χ1v) is 8.20. The van der Waals surface area contributed by atoms with E-state index in [2.05, 4.69) is 47.1 Å². The van der Waals surface area contributed by atoms with E-state index in [1.165, 1.54) is 5.56 Å². The molecular weight excluding hydrogens is 282 g/mol. The third-order valence-corrected chi connectivity index (χ3v) is 5.47. The van der Waals surface area contributed by atoms with E-state index in [1.807, 2.05) is 0 Å². The van der Waals surface area contributed by atoms with Crippen molar-refractivity contribution in [1.82, 2.24) is 4.90 Å². The topological polar surface area (TPSA) is 6.48 Å². The summed E-state index contributed by atoms with van der Waals surface area (Å²) in [5.41, 5.74) is 4.15. The summed E-state index contributed by atoms with van der Waals surface area (Å²) in [6.07, 6.45) is 2.32. The summed E-state index contributed by atoms with van der Waals surface area (Å²) in [4.78, 5) is 4.54. The quantitative estimate of drug-likeness (QED) is 0.789. The highest BCUT2D eigenvalue weighted by atomic mass is 19.3. The van der Waals surface area contributed by atoms with Gasteiger partial charge in [-0.05, 0) is 29.8 Å². The minimum atomic E-state index is -2.48. The Kier molecular flexibility index (Phi) is 3.09. The molecule has 0 amide bonds. The van der Waals surface area contributed by atoms with Crippen LogP contribution in [-0.4, -0.2) is 43.5 Å². The van der Waals surface area contributed by atoms with Crippen molar-refractivity contribution in [2.45, 2.75) is 31.1 Å². The molecule has 0 spiro atoms. The van der Waals surface area contributed by atoms with Crippen molar-refractivity contribution in [2.75, 3.05) is 37.6 Å². The third-order valence-electron chi connectivity index (χ3n) is 5.47. The van der Waals surface area contributed by atoms with Gasteiger partial charge in [-0.1, -0.05) is 25.1 Å². The Balaban J connectivity index is 1.46. The third kappa shape index (κ3) is 2.24. The van der Waals surface area contributed by atoms with Gasteiger partial charge in [0.1, 0.15) is 0 Å². The lowest BCUT2D eigenvalue weighted by Gasteiger charge is -2.33. The van der Waals surface area contributed by atoms with Crippen molar-refractivity contribution in [3.63, 3.8) is 0 Å². The lowest BCUT2D eigenvalue weighted by atomic mass is 9.92. The Hall–Kier alpha value is -1.42. The number of likely N-dealkylation sites (N-methyl/N-ethyl adjacent to an activating group) is 1. The number of rotatable bonds is 3. The summed E-state index contributed by atoms with van der Waals surface area (Å²) in [5, 5.41) is 0. The molecule has 2 aliphatic heterocycles. The molecule has 3 aliphatic rings. The highest BCUT2D eigenvalue weighted by molar-refractivity contribution is 5.61. The summed E-state index contributed by atoms with van der Waals surface area (Å²) in [5.74, 6) is -2.48. The van der Waals surface area contributed by atoms with Crippen molar-refractivity contribution in [3.05, 3.63) is 41.5 Å². The van der Waals surface area contributed by atoms with Gasteiger partial charge < -0.3 is 4.90 Å². The molecule has 1 aromatic rings. The van der Waals surface area contributed by atoms with Crippen molar-refractivity contribution in [3.8, 4) is 0 Å². The monoisotopic (exact) mass is 304 g/mol. The molecule has 0 radical (unpaired) electrons. The number of likely N-dealkylation sites (tertiary alicyclic amines) is 1. The molecule has 1 atom stereocenters. The van der Waals surface area contributed by atoms with E-state index in [9.17, 15) is 8.78 Å². The van der Waals surface area contributed by atoms with Crippen LogP contribution in [0.3, 0.4) is 0 Å². The van der Waals surface area contributed by atoms with Crippen molar-refractivity contribution < 1.29 is 8.78 Å². The van der Waals surface area contributed by atoms with E-state index in [4.69, 9.17) is 0 Å². The van der Waals surface area contributed by atoms with Crippen molar-refractivity contribution in [1.29, 1.82) is 0 Å². The second-order valence-corrected chi connectivity index (χ2v) is 6.83. The normalized spacial score (nSPS) is 30.1. The molecule has 2 fully saturated rings. The first-order valence-electron chi connectivity index (χ1n) is 8.20. The van der Waals surface area contributed by atoms with Gasteiger partial charge in [0.25, 0.3) is 5.92 Å². The molecule has 118 valence electrons. The predicted molar refractivity (Wildman–Crippen MR) is 84.7 cm³/mol. The van der Waals surface area contributed by atoms with Gasteiger partial charge in [-0.3, -0.25) is 4.90 Å². The lowest BCUT2D eigenvalue weighted by Crippen LogP contribution is -2.39. The van der Waals surface area contributed by atoms with Crippen LogP contribution in [0, 0.1) is 0 Å². The van der Waals surface area contributed by atoms with Gasteiger partial charge in [-0.15, -0.1) is 0 Å². The summed E-state index contributed by atoms with van der Waals surface area (Å²) in [6, 6.07) is 8.58. The van der Waals surface area contributed by atoms with E-state index in [1.54, 1.807) is 5.57 Å². The highest BCUT2D eigenvalue weighted by Gasteiger charge is 2.51. The minimum absolute atomic E-state index is 0.0319. The zero-order valence-corrected chi connectivity index (χ0v) is 13.0. The van der Waals surface area contributed by atoms with Gasteiger partial charge in [-0.2, -0.15) is 0 Å². The molecule has 1 aliphatic carbocycles. The molecule has 0 aromatic heterocycles. The lowest BCUT2D eigenvalue weighted by molar-refractivity contribution is -0.0220. The largest absolute Gasteiger partial charge is 0.371 e. The Morgan fingerprint density at radius 3 is 2.36 bits per heavy atom. The molecule has 4 rings (SSSR count). The number of piperidine rings is 1. The molecule has 0 bridgehead atoms. The number of hydrogen-bond acceptors (Lipinski definition) is 2. The number of hydrogen-bond donors (Lipinski definition) is 0. The van der Waals surface area contributed by atoms with E-state index in [0.717, 1.165) is 25.3 Å². The smallest absolute Gasteiger partial charge is 0.251 e. The zero-order chi connectivity index (χ0) is 15.4. The summed E-state index contributed by atoms with van der Waals surface area (Å²) < 4.78 is 26.5. The Labute approximate surface area is 130 Å². The standard InChI is InChI=1S/C18H22F2N2/c1-2-21-12-15-11-17(15,13-21)14-3-5-16(6-4-14)22-9-7-18(19,20)8-10-22/h3-6,11H,2,7-10,12-13H2,1H3. The number of anilines is 1. The molecule has 1 aromatic carbocycles. The molecular formula is C18H22F2N2. The SMILES string of the molecule is CCN1CC2=CC2(c2ccc(N3CCC(F)(F)CC3)cc2)C1. The van der Waals surface area contributed by atoms with Crippen LogP contribution >= 0.6 is 0 Å². The zero-order valence-electron chi connectivity index (χ0n) is 13.0. The molecule has 2 saturated heterocycles. The summed E-state index contributed by atoms with van der Waals surface area (Å²) in [6.45, 7) is 6.39. The van der Waals surface area contributed by atoms with Gasteiger partial charge >= 0.3 is 0 Å². The fourth-order valence-electron chi connectivity index (χ4n) is 3.89. The first kappa shape index (κ1) is 14.2. The van der Waals surface area contributed by atoms with Gasteiger partial charge in [-0.25, -0.2) is 8.78 Å². The van der Waals surface area contributed by atoms with E-state index < -0.39 is 5.92 Å². The Bertz CT molecular complexity index is 598. The number of fused-ring (bicyclic) bond motifs is 1. The first-order chi connectivity index (χ1) is 10.5. The van der Waals surface area contributed by atoms with Crippen LogP contribution < -0.4 is 4.90 Å². The number of benzene rings is 1. The average Bonchev–Trinajstić information content (AvgIpc) is 3.09. The fourth-order valence-corrected chi connectivity index (χ4v) is 3.89. The van der Waals surface area contributed by atoms with E-state index in [0.29, 0.717) is 13.1 Å². The van der Waals surface area contributed by atoms with Crippen LogP contribution in [0.25, 0.3) is 0 Å². The molecule has 2 heterocycles. The van der Waals surface area contributed by atoms with Gasteiger partial charge in [0, 0.05) is 50.1 Å². The minimum Gasteiger partial charge on any atom is -0.371 e. The maximum Gasteiger partial charge on any atom is 0.251 e. The van der Waals surface area contributed by atoms with Crippen LogP contribution in [0.2, 0.25) is 0 Å². The maximum atomic E-state index is 13.2. The molecule has 0 N–H and O–H groups in total. The Morgan fingerprint density at radius 2 is 1.77 bits per heavy atom. The van der Waals surface area contributed by atoms with Crippen LogP contribution in [0.4, 0.5) is 14.5 Å². The predicted octanol–water partition coefficient (Wildman–Crippen LogP) is 3.44. The van der Waals surface area contributed by atoms with Gasteiger partial charge in [0.15, 0.2) is 0 Å². The van der Waals surface area contributed by atoms with Gasteiger partial charge in [0.05, 0.1) is 0 Å². The number of halogens is 2. The molecule has 1 unspecified atom stereocenters. The van der Waals surface area contributed by atoms with E-state index >= 15 is 0 Å². The molecule has 0 saturated carbocycles. The fraction of sp³-hybridized carbons (Fsp3) is 0.556. The van der Waals surface area contributed by atoms with Crippen molar-refractivity contribution in [2.24, 2.45) is 0 Å². The summed E-state index contributed by atoms with van der Waals surface area (Å²) >= 11 is 0. The van der Waals surface area contributed by atoms with Gasteiger partial charge in [0.2, 0.25) is 0 Å². The maximum absolute atomic E-state index is 13.2. The molecule has 22 heavy (non-hydrogen) atoms. The second kappa shape index (κ2) is 4.79. The van der Waals surface area contributed by atoms with Crippen LogP contribution in [0.5, 0.6) is 0 Å². The second-order valence-electron chi connectivity index (χ2n) is 6.83. The van der Waals surface area contributed by atoms with Crippen LogP contribution in [-0.2, 0) is 5.41 Å². The molecule has 4 heteroatoms. The Morgan fingerprint density at radius 1 is 1.09 bits per heavy atom. The summed E-state index contributed by atoms with van der Waals surface area (Å²) in [7, 11) is 0. The number of nitrogens with zero attached hydrogens (tertiary/aromatic N) is 2. The molecule has 2 nitrogen and oxygen atoms in total.